The fraction of sp³-hybridized carbons (Fsp3) is 0.286. The van der Waals surface area contributed by atoms with Crippen molar-refractivity contribution in [2.75, 3.05) is 5.75 Å². The largest absolute Gasteiger partial charge is 0.349 e. The molecule has 0 saturated heterocycles. The summed E-state index contributed by atoms with van der Waals surface area (Å²) in [4.78, 5) is 12.4. The highest BCUT2D eigenvalue weighted by atomic mass is 35.5. The first-order chi connectivity index (χ1) is 13.5. The smallest absolute Gasteiger partial charge is 0.230 e. The van der Waals surface area contributed by atoms with Crippen LogP contribution in [0.15, 0.2) is 53.7 Å². The number of aryl methyl sites for hydroxylation is 1. The van der Waals surface area contributed by atoms with Gasteiger partial charge in [0.15, 0.2) is 11.0 Å². The van der Waals surface area contributed by atoms with Crippen molar-refractivity contribution < 1.29 is 4.79 Å². The molecular weight excluding hydrogens is 392 g/mol. The Morgan fingerprint density at radius 1 is 1.21 bits per heavy atom. The lowest BCUT2D eigenvalue weighted by Gasteiger charge is -2.14. The molecule has 28 heavy (non-hydrogen) atoms. The minimum Gasteiger partial charge on any atom is -0.349 e. The van der Waals surface area contributed by atoms with Crippen molar-refractivity contribution in [2.24, 2.45) is 0 Å². The summed E-state index contributed by atoms with van der Waals surface area (Å²) in [7, 11) is 0. The molecule has 5 nitrogen and oxygen atoms in total. The molecule has 0 aliphatic rings. The summed E-state index contributed by atoms with van der Waals surface area (Å²) < 4.78 is 2.04. The molecule has 0 aliphatic carbocycles. The van der Waals surface area contributed by atoms with Gasteiger partial charge in [-0.1, -0.05) is 59.3 Å². The van der Waals surface area contributed by atoms with Gasteiger partial charge in [-0.25, -0.2) is 0 Å². The van der Waals surface area contributed by atoms with Crippen LogP contribution in [0.3, 0.4) is 0 Å². The second-order valence-electron chi connectivity index (χ2n) is 6.55. The molecule has 1 heterocycles. The van der Waals surface area contributed by atoms with E-state index in [0.29, 0.717) is 5.02 Å². The number of thioether (sulfide) groups is 1. The normalized spacial score (nSPS) is 12.0. The van der Waals surface area contributed by atoms with Crippen LogP contribution in [0.1, 0.15) is 31.0 Å². The highest BCUT2D eigenvalue weighted by molar-refractivity contribution is 7.99. The van der Waals surface area contributed by atoms with Crippen molar-refractivity contribution in [3.8, 4) is 11.4 Å². The third kappa shape index (κ3) is 4.94. The Balaban J connectivity index is 1.64. The molecule has 0 saturated carbocycles. The van der Waals surface area contributed by atoms with Gasteiger partial charge >= 0.3 is 0 Å². The summed E-state index contributed by atoms with van der Waals surface area (Å²) in [5.41, 5.74) is 3.22. The number of amides is 1. The maximum atomic E-state index is 12.4. The van der Waals surface area contributed by atoms with Gasteiger partial charge < -0.3 is 9.88 Å². The number of hydrogen-bond acceptors (Lipinski definition) is 4. The number of rotatable bonds is 7. The summed E-state index contributed by atoms with van der Waals surface area (Å²) >= 11 is 7.31. The zero-order valence-corrected chi connectivity index (χ0v) is 17.7. The molecule has 3 rings (SSSR count). The number of hydrogen-bond donors (Lipinski definition) is 1. The van der Waals surface area contributed by atoms with E-state index in [1.165, 1.54) is 17.3 Å². The molecule has 0 fully saturated rings. The average molecular weight is 415 g/mol. The lowest BCUT2D eigenvalue weighted by Crippen LogP contribution is -2.28. The molecule has 0 radical (unpaired) electrons. The molecule has 1 amide bonds. The van der Waals surface area contributed by atoms with Crippen LogP contribution in [-0.4, -0.2) is 26.4 Å². The number of carbonyl (C=O) groups is 1. The molecule has 3 aromatic rings. The van der Waals surface area contributed by atoms with Crippen LogP contribution in [0.25, 0.3) is 11.4 Å². The van der Waals surface area contributed by atoms with Crippen molar-refractivity contribution in [1.29, 1.82) is 0 Å². The Bertz CT molecular complexity index is 955. The number of aromatic nitrogens is 3. The molecule has 1 unspecified atom stereocenters. The quantitative estimate of drug-likeness (QED) is 0.559. The van der Waals surface area contributed by atoms with Crippen molar-refractivity contribution in [1.82, 2.24) is 20.1 Å². The van der Waals surface area contributed by atoms with Gasteiger partial charge in [-0.15, -0.1) is 10.2 Å². The molecule has 0 bridgehead atoms. The Labute approximate surface area is 174 Å². The number of halogens is 1. The number of nitrogens with one attached hydrogen (secondary N) is 1. The summed E-state index contributed by atoms with van der Waals surface area (Å²) in [5, 5.41) is 13.1. The van der Waals surface area contributed by atoms with Crippen LogP contribution < -0.4 is 5.32 Å². The molecule has 146 valence electrons. The van der Waals surface area contributed by atoms with E-state index < -0.39 is 0 Å². The van der Waals surface area contributed by atoms with Crippen LogP contribution in [0, 0.1) is 6.92 Å². The molecule has 0 aliphatic heterocycles. The van der Waals surface area contributed by atoms with Crippen molar-refractivity contribution in [2.45, 2.75) is 38.5 Å². The van der Waals surface area contributed by atoms with E-state index in [1.807, 2.05) is 47.9 Å². The molecule has 0 spiro atoms. The summed E-state index contributed by atoms with van der Waals surface area (Å²) in [6.45, 7) is 6.80. The van der Waals surface area contributed by atoms with E-state index in [1.54, 1.807) is 0 Å². The molecule has 7 heteroatoms. The first-order valence-corrected chi connectivity index (χ1v) is 10.5. The maximum absolute atomic E-state index is 12.4. The Kier molecular flexibility index (Phi) is 6.75. The molecule has 1 atom stereocenters. The van der Waals surface area contributed by atoms with E-state index >= 15 is 0 Å². The van der Waals surface area contributed by atoms with E-state index in [4.69, 9.17) is 11.6 Å². The SMILES string of the molecule is CCn1c(SCC(=O)NC(C)c2ccc(Cl)cc2)nnc1-c1cccc(C)c1. The minimum absolute atomic E-state index is 0.0461. The van der Waals surface area contributed by atoms with Crippen molar-refractivity contribution >= 4 is 29.3 Å². The van der Waals surface area contributed by atoms with Crippen LogP contribution in [0.5, 0.6) is 0 Å². The van der Waals surface area contributed by atoms with E-state index in [-0.39, 0.29) is 17.7 Å². The average Bonchev–Trinajstić information content (AvgIpc) is 3.09. The Morgan fingerprint density at radius 2 is 1.96 bits per heavy atom. The fourth-order valence-electron chi connectivity index (χ4n) is 2.93. The van der Waals surface area contributed by atoms with Crippen LogP contribution in [0.4, 0.5) is 0 Å². The first kappa shape index (κ1) is 20.4. The van der Waals surface area contributed by atoms with Crippen molar-refractivity contribution in [3.63, 3.8) is 0 Å². The van der Waals surface area contributed by atoms with E-state index in [9.17, 15) is 4.79 Å². The lowest BCUT2D eigenvalue weighted by atomic mass is 10.1. The summed E-state index contributed by atoms with van der Waals surface area (Å²) in [6.07, 6.45) is 0. The highest BCUT2D eigenvalue weighted by Crippen LogP contribution is 2.24. The monoisotopic (exact) mass is 414 g/mol. The summed E-state index contributed by atoms with van der Waals surface area (Å²) in [5.74, 6) is 1.06. The maximum Gasteiger partial charge on any atom is 0.230 e. The molecule has 1 aromatic heterocycles. The van der Waals surface area contributed by atoms with Crippen LogP contribution in [-0.2, 0) is 11.3 Å². The number of benzene rings is 2. The Morgan fingerprint density at radius 3 is 2.64 bits per heavy atom. The number of carbonyl (C=O) groups excluding carboxylic acids is 1. The van der Waals surface area contributed by atoms with Gasteiger partial charge in [0.25, 0.3) is 0 Å². The topological polar surface area (TPSA) is 59.8 Å². The van der Waals surface area contributed by atoms with Gasteiger partial charge in [0.1, 0.15) is 0 Å². The third-order valence-corrected chi connectivity index (χ3v) is 5.61. The number of nitrogens with zero attached hydrogens (tertiary/aromatic N) is 3. The van der Waals surface area contributed by atoms with Gasteiger partial charge in [-0.3, -0.25) is 4.79 Å². The second kappa shape index (κ2) is 9.26. The van der Waals surface area contributed by atoms with E-state index in [0.717, 1.165) is 28.7 Å². The highest BCUT2D eigenvalue weighted by Gasteiger charge is 2.16. The standard InChI is InChI=1S/C21H23ClN4OS/c1-4-26-20(17-7-5-6-14(2)12-17)24-25-21(26)28-13-19(27)23-15(3)16-8-10-18(22)11-9-16/h5-12,15H,4,13H2,1-3H3,(H,23,27). The zero-order valence-electron chi connectivity index (χ0n) is 16.1. The van der Waals surface area contributed by atoms with Crippen molar-refractivity contribution in [3.05, 3.63) is 64.7 Å². The minimum atomic E-state index is -0.0859. The zero-order chi connectivity index (χ0) is 20.1. The first-order valence-electron chi connectivity index (χ1n) is 9.15. The van der Waals surface area contributed by atoms with Gasteiger partial charge in [-0.05, 0) is 44.5 Å². The Hall–Kier alpha value is -2.31. The third-order valence-electron chi connectivity index (χ3n) is 4.39. The summed E-state index contributed by atoms with van der Waals surface area (Å²) in [6, 6.07) is 15.6. The fourth-order valence-corrected chi connectivity index (χ4v) is 3.87. The van der Waals surface area contributed by atoms with Gasteiger partial charge in [0.05, 0.1) is 11.8 Å². The molecule has 1 N–H and O–H groups in total. The van der Waals surface area contributed by atoms with Gasteiger partial charge in [0, 0.05) is 17.1 Å². The van der Waals surface area contributed by atoms with Crippen LogP contribution >= 0.6 is 23.4 Å². The molecule has 2 aromatic carbocycles. The van der Waals surface area contributed by atoms with Gasteiger partial charge in [0.2, 0.25) is 5.91 Å². The predicted octanol–water partition coefficient (Wildman–Crippen LogP) is 4.90. The van der Waals surface area contributed by atoms with Crippen LogP contribution in [0.2, 0.25) is 5.02 Å². The second-order valence-corrected chi connectivity index (χ2v) is 7.93. The lowest BCUT2D eigenvalue weighted by molar-refractivity contribution is -0.119. The van der Waals surface area contributed by atoms with E-state index in [2.05, 4.69) is 41.5 Å². The predicted molar refractivity (Wildman–Crippen MR) is 115 cm³/mol. The van der Waals surface area contributed by atoms with Gasteiger partial charge in [-0.2, -0.15) is 0 Å². The molecular formula is C21H23ClN4OS.